The van der Waals surface area contributed by atoms with Gasteiger partial charge >= 0.3 is 178 Å². The number of benzene rings is 4. The van der Waals surface area contributed by atoms with Crippen LogP contribution < -0.4 is 24.8 Å². The van der Waals surface area contributed by atoms with Crippen molar-refractivity contribution in [2.45, 2.75) is 26.7 Å². The molecule has 0 N–H and O–H groups in total. The normalized spacial score (nSPS) is 13.8. The van der Waals surface area contributed by atoms with Crippen molar-refractivity contribution in [3.8, 4) is 11.1 Å². The Bertz CT molecular complexity index is 1280. The Balaban J connectivity index is 0.000000963. The van der Waals surface area contributed by atoms with Crippen LogP contribution in [0.3, 0.4) is 0 Å². The molecule has 32 heavy (non-hydrogen) atoms. The third kappa shape index (κ3) is 3.54. The standard InChI is InChI=1S/C21H13.C5H5.CH4.2CH3.2ClH.Zr/c1-3-7-18-14(5-1)9-11-16-13-17-12-10-15-6-2-4-8-19(15)21(17)20(16)18;1-2-4-5-3-1;;;;;;/h1-13H;1-3H,4H2;1H4;2*1H3;2*1H;/q;;;;;;;+2/p-2. The van der Waals surface area contributed by atoms with Gasteiger partial charge in [-0.3, -0.25) is 0 Å². The van der Waals surface area contributed by atoms with E-state index < -0.39 is 20.3 Å². The molecule has 0 nitrogen and oxygen atoms in total. The van der Waals surface area contributed by atoms with E-state index in [0.29, 0.717) is 3.63 Å². The third-order valence-electron chi connectivity index (χ3n) is 7.12. The average molecular weight is 539 g/mol. The second kappa shape index (κ2) is 9.30. The number of fused-ring (bicyclic) bond motifs is 7. The summed E-state index contributed by atoms with van der Waals surface area (Å²) >= 11 is -2.63. The summed E-state index contributed by atoms with van der Waals surface area (Å²) in [6.07, 6.45) is 8.19. The Morgan fingerprint density at radius 1 is 0.688 bits per heavy atom. The number of rotatable bonds is 2. The van der Waals surface area contributed by atoms with Gasteiger partial charge in [0, 0.05) is 0 Å². The summed E-state index contributed by atoms with van der Waals surface area (Å²) in [5.41, 5.74) is 6.14. The van der Waals surface area contributed by atoms with Crippen molar-refractivity contribution < 1.29 is 45.1 Å². The first kappa shape index (κ1) is 25.0. The molecule has 0 heterocycles. The van der Waals surface area contributed by atoms with E-state index in [4.69, 9.17) is 0 Å². The van der Waals surface area contributed by atoms with Crippen LogP contribution in [0.4, 0.5) is 0 Å². The van der Waals surface area contributed by atoms with Gasteiger partial charge in [0.05, 0.1) is 0 Å². The van der Waals surface area contributed by atoms with Gasteiger partial charge in [0.25, 0.3) is 0 Å². The zero-order valence-corrected chi connectivity index (χ0v) is 21.7. The van der Waals surface area contributed by atoms with Crippen molar-refractivity contribution >= 4 is 21.5 Å². The van der Waals surface area contributed by atoms with E-state index in [1.807, 2.05) is 0 Å². The molecule has 3 heteroatoms. The van der Waals surface area contributed by atoms with Gasteiger partial charge in [0.1, 0.15) is 0 Å². The van der Waals surface area contributed by atoms with Crippen LogP contribution in [-0.4, -0.2) is 0 Å². The van der Waals surface area contributed by atoms with Gasteiger partial charge < -0.3 is 24.8 Å². The summed E-state index contributed by atoms with van der Waals surface area (Å²) in [7, 11) is 0. The fourth-order valence-corrected chi connectivity index (χ4v) is 14.5. The van der Waals surface area contributed by atoms with Crippen LogP contribution in [-0.2, 0) is 20.3 Å². The molecule has 0 amide bonds. The van der Waals surface area contributed by atoms with Gasteiger partial charge in [-0.25, -0.2) is 0 Å². The number of hydrogen-bond donors (Lipinski definition) is 0. The summed E-state index contributed by atoms with van der Waals surface area (Å²) in [4.78, 5) is 0. The molecule has 0 aromatic heterocycles. The third-order valence-corrected chi connectivity index (χ3v) is 17.2. The van der Waals surface area contributed by atoms with E-state index in [1.54, 1.807) is 14.4 Å². The van der Waals surface area contributed by atoms with Crippen molar-refractivity contribution in [2.24, 2.45) is 0 Å². The molecule has 0 aliphatic heterocycles. The molecule has 2 aliphatic rings. The Hall–Kier alpha value is -1.66. The summed E-state index contributed by atoms with van der Waals surface area (Å²) in [5.74, 6) is 0. The molecule has 0 saturated carbocycles. The number of allylic oxidation sites excluding steroid dienone is 4. The van der Waals surface area contributed by atoms with Gasteiger partial charge in [-0.05, 0) is 0 Å². The van der Waals surface area contributed by atoms with E-state index in [2.05, 4.69) is 100 Å². The van der Waals surface area contributed by atoms with Crippen molar-refractivity contribution in [2.75, 3.05) is 0 Å². The van der Waals surface area contributed by atoms with Crippen LogP contribution in [0, 0.1) is 0 Å². The van der Waals surface area contributed by atoms with Gasteiger partial charge in [0.2, 0.25) is 0 Å². The Morgan fingerprint density at radius 3 is 1.66 bits per heavy atom. The predicted molar refractivity (Wildman–Crippen MR) is 129 cm³/mol. The molecule has 162 valence electrons. The molecular formula is C29H28Cl2Zr. The molecular weight excluding hydrogens is 510 g/mol. The Kier molecular flexibility index (Phi) is 7.26. The second-order valence-electron chi connectivity index (χ2n) is 8.98. The van der Waals surface area contributed by atoms with E-state index in [9.17, 15) is 0 Å². The van der Waals surface area contributed by atoms with Crippen molar-refractivity contribution in [3.05, 3.63) is 105 Å². The molecule has 6 rings (SSSR count). The first-order valence-corrected chi connectivity index (χ1v) is 18.1. The minimum atomic E-state index is -2.63. The number of hydrogen-bond acceptors (Lipinski definition) is 0. The molecule has 0 fully saturated rings. The molecule has 0 radical (unpaired) electrons. The Labute approximate surface area is 208 Å². The van der Waals surface area contributed by atoms with Crippen molar-refractivity contribution in [1.82, 2.24) is 0 Å². The zero-order valence-electron chi connectivity index (χ0n) is 17.7. The monoisotopic (exact) mass is 536 g/mol. The molecule has 4 aromatic carbocycles. The zero-order chi connectivity index (χ0) is 19.6. The van der Waals surface area contributed by atoms with Gasteiger partial charge in [-0.2, -0.15) is 0 Å². The number of halogens is 2. The Morgan fingerprint density at radius 2 is 1.19 bits per heavy atom. The smallest absolute Gasteiger partial charge is 1.00 e. The average Bonchev–Trinajstić information content (AvgIpc) is 3.40. The van der Waals surface area contributed by atoms with Gasteiger partial charge in [0.15, 0.2) is 0 Å². The molecule has 2 aliphatic carbocycles. The molecule has 0 spiro atoms. The van der Waals surface area contributed by atoms with E-state index >= 15 is 0 Å². The predicted octanol–water partition coefficient (Wildman–Crippen LogP) is 2.80. The molecule has 0 bridgehead atoms. The van der Waals surface area contributed by atoms with Crippen LogP contribution in [0.2, 0.25) is 9.26 Å². The van der Waals surface area contributed by atoms with E-state index in [0.717, 1.165) is 6.42 Å². The fraction of sp³-hybridized carbons (Fsp3) is 0.172. The van der Waals surface area contributed by atoms with E-state index in [1.165, 1.54) is 32.7 Å². The van der Waals surface area contributed by atoms with Crippen LogP contribution >= 0.6 is 0 Å². The fourth-order valence-electron chi connectivity index (χ4n) is 5.67. The van der Waals surface area contributed by atoms with Gasteiger partial charge in [-0.1, -0.05) is 7.43 Å². The van der Waals surface area contributed by atoms with Crippen LogP contribution in [0.5, 0.6) is 0 Å². The second-order valence-corrected chi connectivity index (χ2v) is 20.4. The molecule has 0 saturated heterocycles. The summed E-state index contributed by atoms with van der Waals surface area (Å²) in [6, 6.07) is 27.4. The first-order valence-electron chi connectivity index (χ1n) is 10.6. The summed E-state index contributed by atoms with van der Waals surface area (Å²) in [5, 5.41) is 5.51. The van der Waals surface area contributed by atoms with Crippen LogP contribution in [0.25, 0.3) is 32.7 Å². The summed E-state index contributed by atoms with van der Waals surface area (Å²) in [6.45, 7) is 0. The van der Waals surface area contributed by atoms with Gasteiger partial charge in [-0.15, -0.1) is 0 Å². The van der Waals surface area contributed by atoms with Crippen LogP contribution in [0.15, 0.2) is 94.3 Å². The maximum Gasteiger partial charge on any atom is -1.00 e. The maximum absolute atomic E-state index is 2.64. The van der Waals surface area contributed by atoms with Crippen LogP contribution in [0.1, 0.15) is 28.6 Å². The van der Waals surface area contributed by atoms with E-state index in [-0.39, 0.29) is 32.2 Å². The molecule has 4 aromatic rings. The maximum atomic E-state index is 2.64. The first-order chi connectivity index (χ1) is 14.2. The molecule has 0 atom stereocenters. The van der Waals surface area contributed by atoms with Crippen molar-refractivity contribution in [3.63, 3.8) is 0 Å². The quantitative estimate of drug-likeness (QED) is 0.368. The summed E-state index contributed by atoms with van der Waals surface area (Å²) < 4.78 is 7.60. The minimum Gasteiger partial charge on any atom is -1.00 e. The minimum absolute atomic E-state index is 0. The molecule has 0 unspecified atom stereocenters. The topological polar surface area (TPSA) is 0 Å². The SMILES string of the molecule is C.[CH3][Zr+2]([CH3])([C]1=CC=CC1)[CH]1c2ccc3ccccc3c2-c2c1ccc1ccccc21.[Cl-].[Cl-]. The van der Waals surface area contributed by atoms with Crippen molar-refractivity contribution in [1.29, 1.82) is 0 Å². The largest absolute Gasteiger partial charge is 1.00 e.